The van der Waals surface area contributed by atoms with Crippen LogP contribution < -0.4 is 10.6 Å². The molecule has 0 unspecified atom stereocenters. The summed E-state index contributed by atoms with van der Waals surface area (Å²) in [5, 5.41) is 7.26. The van der Waals surface area contributed by atoms with Crippen LogP contribution in [0.2, 0.25) is 0 Å². The number of nitrogens with one attached hydrogen (secondary N) is 2. The van der Waals surface area contributed by atoms with Gasteiger partial charge in [-0.25, -0.2) is 4.98 Å². The number of ketones is 1. The van der Waals surface area contributed by atoms with Crippen molar-refractivity contribution in [1.82, 2.24) is 10.3 Å². The number of fused-ring (bicyclic) bond motifs is 2. The molecule has 160 valence electrons. The molecule has 1 amide bonds. The van der Waals surface area contributed by atoms with Crippen LogP contribution in [-0.4, -0.2) is 28.5 Å². The van der Waals surface area contributed by atoms with E-state index < -0.39 is 0 Å². The molecule has 3 aromatic rings. The minimum absolute atomic E-state index is 0.0638. The van der Waals surface area contributed by atoms with E-state index in [1.165, 1.54) is 16.9 Å². The number of hydrogen-bond acceptors (Lipinski definition) is 6. The Kier molecular flexibility index (Phi) is 5.82. The van der Waals surface area contributed by atoms with Crippen molar-refractivity contribution in [1.29, 1.82) is 0 Å². The Labute approximate surface area is 190 Å². The normalized spacial score (nSPS) is 21.0. The average Bonchev–Trinajstić information content (AvgIpc) is 3.23. The monoisotopic (exact) mass is 451 g/mol. The predicted octanol–water partition coefficient (Wildman–Crippen LogP) is 5.18. The van der Waals surface area contributed by atoms with Crippen LogP contribution in [0, 0.1) is 12.8 Å². The number of thioether (sulfide) groups is 1. The maximum absolute atomic E-state index is 13.0. The standard InChI is InChI=1S/C24H25N3O2S2/c1-14-3-2-4-20-22(14)27-24(31-20)23(29)16-6-8-17(9-7-16)25-12-15-5-10-19-18(11-15)26-21(28)13-30-19/h2-5,10-11,16-17,25H,6-9,12-13H2,1H3,(H,26,28)/t16-,17-. The number of hydrogen-bond donors (Lipinski definition) is 2. The summed E-state index contributed by atoms with van der Waals surface area (Å²) >= 11 is 3.11. The number of carbonyl (C=O) groups excluding carboxylic acids is 2. The van der Waals surface area contributed by atoms with Crippen LogP contribution in [0.5, 0.6) is 0 Å². The van der Waals surface area contributed by atoms with Crippen LogP contribution >= 0.6 is 23.1 Å². The van der Waals surface area contributed by atoms with Crippen LogP contribution in [0.25, 0.3) is 10.2 Å². The van der Waals surface area contributed by atoms with E-state index in [2.05, 4.69) is 33.8 Å². The lowest BCUT2D eigenvalue weighted by atomic mass is 9.83. The number of para-hydroxylation sites is 1. The van der Waals surface area contributed by atoms with Crippen LogP contribution in [0.4, 0.5) is 5.69 Å². The van der Waals surface area contributed by atoms with Gasteiger partial charge < -0.3 is 10.6 Å². The summed E-state index contributed by atoms with van der Waals surface area (Å²) in [5.74, 6) is 0.842. The highest BCUT2D eigenvalue weighted by Gasteiger charge is 2.29. The van der Waals surface area contributed by atoms with Gasteiger partial charge in [0.15, 0.2) is 10.8 Å². The summed E-state index contributed by atoms with van der Waals surface area (Å²) in [4.78, 5) is 30.4. The molecule has 1 aliphatic carbocycles. The van der Waals surface area contributed by atoms with Gasteiger partial charge in [0.2, 0.25) is 5.91 Å². The van der Waals surface area contributed by atoms with Gasteiger partial charge in [-0.15, -0.1) is 23.1 Å². The van der Waals surface area contributed by atoms with Crippen molar-refractivity contribution in [3.8, 4) is 0 Å². The number of carbonyl (C=O) groups is 2. The molecule has 0 spiro atoms. The van der Waals surface area contributed by atoms with Crippen LogP contribution in [0.3, 0.4) is 0 Å². The van der Waals surface area contributed by atoms with E-state index in [1.807, 2.05) is 25.1 Å². The van der Waals surface area contributed by atoms with Gasteiger partial charge in [0.05, 0.1) is 21.7 Å². The number of aryl methyl sites for hydroxylation is 1. The molecule has 0 atom stereocenters. The van der Waals surface area contributed by atoms with Crippen molar-refractivity contribution >= 4 is 50.7 Å². The molecule has 0 radical (unpaired) electrons. The summed E-state index contributed by atoms with van der Waals surface area (Å²) in [7, 11) is 0. The molecule has 7 heteroatoms. The van der Waals surface area contributed by atoms with Gasteiger partial charge >= 0.3 is 0 Å². The van der Waals surface area contributed by atoms with E-state index >= 15 is 0 Å². The molecule has 1 aromatic heterocycles. The van der Waals surface area contributed by atoms with Gasteiger partial charge in [-0.05, 0) is 61.9 Å². The molecule has 1 saturated carbocycles. The molecule has 5 nitrogen and oxygen atoms in total. The fraction of sp³-hybridized carbons (Fsp3) is 0.375. The number of thiazole rings is 1. The molecule has 2 aromatic carbocycles. The molecule has 1 aliphatic heterocycles. The first-order valence-corrected chi connectivity index (χ1v) is 12.6. The Balaban J connectivity index is 1.16. The second-order valence-electron chi connectivity index (χ2n) is 8.40. The number of aromatic nitrogens is 1. The average molecular weight is 452 g/mol. The molecule has 5 rings (SSSR count). The van der Waals surface area contributed by atoms with Crippen molar-refractivity contribution in [3.05, 3.63) is 52.5 Å². The predicted molar refractivity (Wildman–Crippen MR) is 127 cm³/mol. The lowest BCUT2D eigenvalue weighted by Gasteiger charge is -2.28. The molecular formula is C24H25N3O2S2. The Morgan fingerprint density at radius 2 is 2.03 bits per heavy atom. The van der Waals surface area contributed by atoms with Gasteiger partial charge in [-0.3, -0.25) is 9.59 Å². The zero-order chi connectivity index (χ0) is 21.4. The Bertz CT molecular complexity index is 1150. The van der Waals surface area contributed by atoms with E-state index in [4.69, 9.17) is 0 Å². The van der Waals surface area contributed by atoms with Gasteiger partial charge in [0, 0.05) is 23.4 Å². The number of Topliss-reactive ketones (excluding diaryl/α,β-unsaturated/α-hetero) is 1. The quantitative estimate of drug-likeness (QED) is 0.523. The van der Waals surface area contributed by atoms with Crippen molar-refractivity contribution in [2.24, 2.45) is 5.92 Å². The topological polar surface area (TPSA) is 71.1 Å². The summed E-state index contributed by atoms with van der Waals surface area (Å²) in [5.41, 5.74) is 4.18. The Morgan fingerprint density at radius 3 is 2.84 bits per heavy atom. The van der Waals surface area contributed by atoms with Crippen molar-refractivity contribution in [2.75, 3.05) is 11.1 Å². The largest absolute Gasteiger partial charge is 0.324 e. The molecule has 2 aliphatic rings. The van der Waals surface area contributed by atoms with Gasteiger partial charge in [0.1, 0.15) is 0 Å². The summed E-state index contributed by atoms with van der Waals surface area (Å²) in [6.07, 6.45) is 3.81. The first-order chi connectivity index (χ1) is 15.1. The molecule has 31 heavy (non-hydrogen) atoms. The second-order valence-corrected chi connectivity index (χ2v) is 10.4. The fourth-order valence-electron chi connectivity index (χ4n) is 4.43. The molecule has 2 heterocycles. The number of anilines is 1. The second kappa shape index (κ2) is 8.73. The maximum atomic E-state index is 13.0. The molecule has 2 N–H and O–H groups in total. The summed E-state index contributed by atoms with van der Waals surface area (Å²) in [6, 6.07) is 12.8. The SMILES string of the molecule is Cc1cccc2sc(C(=O)[C@H]3CC[C@H](NCc4ccc5c(c4)NC(=O)CS5)CC3)nc12. The fourth-order valence-corrected chi connectivity index (χ4v) is 6.28. The highest BCUT2D eigenvalue weighted by molar-refractivity contribution is 8.00. The minimum atomic E-state index is 0.0638. The highest BCUT2D eigenvalue weighted by Crippen LogP contribution is 2.33. The molecular weight excluding hydrogens is 426 g/mol. The Hall–Kier alpha value is -2.22. The van der Waals surface area contributed by atoms with Gasteiger partial charge in [-0.2, -0.15) is 0 Å². The van der Waals surface area contributed by atoms with Crippen LogP contribution in [-0.2, 0) is 11.3 Å². The van der Waals surface area contributed by atoms with Crippen molar-refractivity contribution in [3.63, 3.8) is 0 Å². The molecule has 0 saturated heterocycles. The van der Waals surface area contributed by atoms with Gasteiger partial charge in [-0.1, -0.05) is 18.2 Å². The van der Waals surface area contributed by atoms with E-state index in [9.17, 15) is 9.59 Å². The van der Waals surface area contributed by atoms with Crippen molar-refractivity contribution < 1.29 is 9.59 Å². The third-order valence-electron chi connectivity index (χ3n) is 6.20. The summed E-state index contributed by atoms with van der Waals surface area (Å²) in [6.45, 7) is 2.82. The number of benzene rings is 2. The van der Waals surface area contributed by atoms with Gasteiger partial charge in [0.25, 0.3) is 0 Å². The number of rotatable bonds is 5. The van der Waals surface area contributed by atoms with Crippen molar-refractivity contribution in [2.45, 2.75) is 50.1 Å². The molecule has 0 bridgehead atoms. The maximum Gasteiger partial charge on any atom is 0.234 e. The van der Waals surface area contributed by atoms with E-state index in [0.717, 1.165) is 58.6 Å². The first-order valence-electron chi connectivity index (χ1n) is 10.8. The third-order valence-corrected chi connectivity index (χ3v) is 8.31. The summed E-state index contributed by atoms with van der Waals surface area (Å²) < 4.78 is 1.10. The minimum Gasteiger partial charge on any atom is -0.324 e. The van der Waals surface area contributed by atoms with Crippen LogP contribution in [0.1, 0.15) is 46.6 Å². The highest BCUT2D eigenvalue weighted by atomic mass is 32.2. The smallest absolute Gasteiger partial charge is 0.234 e. The lowest BCUT2D eigenvalue weighted by Crippen LogP contribution is -2.34. The number of amides is 1. The van der Waals surface area contributed by atoms with E-state index in [1.54, 1.807) is 11.8 Å². The van der Waals surface area contributed by atoms with E-state index in [0.29, 0.717) is 16.8 Å². The lowest BCUT2D eigenvalue weighted by molar-refractivity contribution is -0.113. The zero-order valence-electron chi connectivity index (χ0n) is 17.4. The number of nitrogens with zero attached hydrogens (tertiary/aromatic N) is 1. The molecule has 1 fully saturated rings. The first kappa shape index (κ1) is 20.7. The Morgan fingerprint density at radius 1 is 1.19 bits per heavy atom. The van der Waals surface area contributed by atoms with E-state index in [-0.39, 0.29) is 17.6 Å². The zero-order valence-corrected chi connectivity index (χ0v) is 19.1. The third kappa shape index (κ3) is 4.40. The van der Waals surface area contributed by atoms with Crippen LogP contribution in [0.15, 0.2) is 41.3 Å².